The predicted octanol–water partition coefficient (Wildman–Crippen LogP) is 1.15. The molecule has 1 aromatic rings. The fourth-order valence-electron chi connectivity index (χ4n) is 1.78. The maximum absolute atomic E-state index is 12.0. The summed E-state index contributed by atoms with van der Waals surface area (Å²) in [6, 6.07) is 8.03. The van der Waals surface area contributed by atoms with Crippen LogP contribution in [0.4, 0.5) is 10.5 Å². The standard InChI is InChI=1S/C12H14N2O3/c1-17-8-7-10-11(15)14(12(16)13-10)9-5-3-2-4-6-9/h2-6,10H,7-8H2,1H3,(H,13,16). The third-order valence-electron chi connectivity index (χ3n) is 2.64. The van der Waals surface area contributed by atoms with E-state index in [1.54, 1.807) is 31.4 Å². The number of ether oxygens (including phenoxy) is 1. The van der Waals surface area contributed by atoms with E-state index in [4.69, 9.17) is 4.74 Å². The molecule has 90 valence electrons. The molecule has 1 N–H and O–H groups in total. The molecule has 17 heavy (non-hydrogen) atoms. The zero-order valence-corrected chi connectivity index (χ0v) is 9.55. The van der Waals surface area contributed by atoms with Gasteiger partial charge in [0.2, 0.25) is 0 Å². The summed E-state index contributed by atoms with van der Waals surface area (Å²) in [5.74, 6) is -0.224. The minimum absolute atomic E-state index is 0.224. The second-order valence-corrected chi connectivity index (χ2v) is 3.79. The molecule has 5 nitrogen and oxygen atoms in total. The van der Waals surface area contributed by atoms with Crippen LogP contribution in [0.2, 0.25) is 0 Å². The topological polar surface area (TPSA) is 58.6 Å². The van der Waals surface area contributed by atoms with E-state index in [0.29, 0.717) is 18.7 Å². The van der Waals surface area contributed by atoms with E-state index in [1.807, 2.05) is 6.07 Å². The van der Waals surface area contributed by atoms with Gasteiger partial charge >= 0.3 is 6.03 Å². The van der Waals surface area contributed by atoms with Crippen LogP contribution in [0.1, 0.15) is 6.42 Å². The predicted molar refractivity (Wildman–Crippen MR) is 62.7 cm³/mol. The van der Waals surface area contributed by atoms with Crippen LogP contribution in [0, 0.1) is 0 Å². The maximum atomic E-state index is 12.0. The fourth-order valence-corrected chi connectivity index (χ4v) is 1.78. The number of hydrogen-bond donors (Lipinski definition) is 1. The number of methoxy groups -OCH3 is 1. The van der Waals surface area contributed by atoms with Crippen molar-refractivity contribution >= 4 is 17.6 Å². The second-order valence-electron chi connectivity index (χ2n) is 3.79. The van der Waals surface area contributed by atoms with Gasteiger partial charge in [0.15, 0.2) is 0 Å². The van der Waals surface area contributed by atoms with Crippen molar-refractivity contribution in [2.45, 2.75) is 12.5 Å². The molecule has 0 radical (unpaired) electrons. The highest BCUT2D eigenvalue weighted by molar-refractivity contribution is 6.21. The molecular formula is C12H14N2O3. The summed E-state index contributed by atoms with van der Waals surface area (Å²) in [5.41, 5.74) is 0.593. The van der Waals surface area contributed by atoms with Gasteiger partial charge in [0, 0.05) is 20.1 Å². The lowest BCUT2D eigenvalue weighted by atomic mass is 10.2. The first-order chi connectivity index (χ1) is 8.24. The molecule has 1 fully saturated rings. The number of para-hydroxylation sites is 1. The number of amides is 3. The zero-order chi connectivity index (χ0) is 12.3. The van der Waals surface area contributed by atoms with E-state index in [-0.39, 0.29) is 11.9 Å². The van der Waals surface area contributed by atoms with Gasteiger partial charge in [0.1, 0.15) is 6.04 Å². The van der Waals surface area contributed by atoms with Crippen molar-refractivity contribution in [2.75, 3.05) is 18.6 Å². The number of nitrogens with one attached hydrogen (secondary N) is 1. The molecule has 0 bridgehead atoms. The summed E-state index contributed by atoms with van der Waals surface area (Å²) in [4.78, 5) is 24.9. The Bertz CT molecular complexity index is 419. The summed E-state index contributed by atoms with van der Waals surface area (Å²) in [6.45, 7) is 0.444. The van der Waals surface area contributed by atoms with E-state index in [9.17, 15) is 9.59 Å². The van der Waals surface area contributed by atoms with Crippen molar-refractivity contribution in [3.63, 3.8) is 0 Å². The second kappa shape index (κ2) is 4.97. The quantitative estimate of drug-likeness (QED) is 0.795. The lowest BCUT2D eigenvalue weighted by Gasteiger charge is -2.12. The van der Waals surface area contributed by atoms with Crippen molar-refractivity contribution in [1.82, 2.24) is 5.32 Å². The van der Waals surface area contributed by atoms with E-state index < -0.39 is 6.04 Å². The Hall–Kier alpha value is -1.88. The van der Waals surface area contributed by atoms with Crippen LogP contribution in [0.5, 0.6) is 0 Å². The largest absolute Gasteiger partial charge is 0.385 e. The summed E-state index contributed by atoms with van der Waals surface area (Å²) >= 11 is 0. The molecule has 0 aromatic heterocycles. The van der Waals surface area contributed by atoms with E-state index in [0.717, 1.165) is 0 Å². The van der Waals surface area contributed by atoms with Crippen molar-refractivity contribution in [3.8, 4) is 0 Å². The number of nitrogens with zero attached hydrogens (tertiary/aromatic N) is 1. The number of rotatable bonds is 4. The monoisotopic (exact) mass is 234 g/mol. The van der Waals surface area contributed by atoms with Gasteiger partial charge < -0.3 is 10.1 Å². The lowest BCUT2D eigenvalue weighted by Crippen LogP contribution is -2.31. The Morgan fingerprint density at radius 2 is 2.00 bits per heavy atom. The Labute approximate surface area is 99.4 Å². The molecule has 1 heterocycles. The summed E-state index contributed by atoms with van der Waals surface area (Å²) < 4.78 is 4.91. The maximum Gasteiger partial charge on any atom is 0.329 e. The van der Waals surface area contributed by atoms with Crippen LogP contribution in [-0.2, 0) is 9.53 Å². The number of imide groups is 1. The first-order valence-electron chi connectivity index (χ1n) is 5.42. The number of carbonyl (C=O) groups is 2. The van der Waals surface area contributed by atoms with Gasteiger partial charge in [0.05, 0.1) is 5.69 Å². The van der Waals surface area contributed by atoms with Gasteiger partial charge in [-0.15, -0.1) is 0 Å². The first kappa shape index (κ1) is 11.6. The van der Waals surface area contributed by atoms with Crippen molar-refractivity contribution in [3.05, 3.63) is 30.3 Å². The minimum Gasteiger partial charge on any atom is -0.385 e. The van der Waals surface area contributed by atoms with E-state index in [1.165, 1.54) is 4.90 Å². The highest BCUT2D eigenvalue weighted by Gasteiger charge is 2.38. The van der Waals surface area contributed by atoms with E-state index >= 15 is 0 Å². The molecule has 1 aliphatic heterocycles. The fraction of sp³-hybridized carbons (Fsp3) is 0.333. The van der Waals surface area contributed by atoms with Crippen LogP contribution in [0.15, 0.2) is 30.3 Å². The molecule has 5 heteroatoms. The smallest absolute Gasteiger partial charge is 0.329 e. The number of hydrogen-bond acceptors (Lipinski definition) is 3. The Balaban J connectivity index is 2.15. The molecule has 1 atom stereocenters. The lowest BCUT2D eigenvalue weighted by molar-refractivity contribution is -0.118. The van der Waals surface area contributed by atoms with Crippen molar-refractivity contribution in [2.24, 2.45) is 0 Å². The molecule has 3 amide bonds. The Morgan fingerprint density at radius 1 is 1.29 bits per heavy atom. The molecular weight excluding hydrogens is 220 g/mol. The first-order valence-corrected chi connectivity index (χ1v) is 5.42. The zero-order valence-electron chi connectivity index (χ0n) is 9.55. The van der Waals surface area contributed by atoms with Crippen molar-refractivity contribution in [1.29, 1.82) is 0 Å². The molecule has 2 rings (SSSR count). The van der Waals surface area contributed by atoms with E-state index in [2.05, 4.69) is 5.32 Å². The van der Waals surface area contributed by atoms with Gasteiger partial charge in [-0.25, -0.2) is 9.69 Å². The van der Waals surface area contributed by atoms with Crippen LogP contribution < -0.4 is 10.2 Å². The molecule has 0 saturated carbocycles. The molecule has 1 saturated heterocycles. The van der Waals surface area contributed by atoms with Crippen LogP contribution >= 0.6 is 0 Å². The Morgan fingerprint density at radius 3 is 2.65 bits per heavy atom. The highest BCUT2D eigenvalue weighted by Crippen LogP contribution is 2.19. The summed E-state index contributed by atoms with van der Waals surface area (Å²) in [6.07, 6.45) is 0.490. The SMILES string of the molecule is COCCC1NC(=O)N(c2ccccc2)C1=O. The number of anilines is 1. The molecule has 1 aliphatic rings. The highest BCUT2D eigenvalue weighted by atomic mass is 16.5. The number of benzene rings is 1. The third-order valence-corrected chi connectivity index (χ3v) is 2.64. The normalized spacial score (nSPS) is 19.6. The molecule has 1 aromatic carbocycles. The van der Waals surface area contributed by atoms with Gasteiger partial charge in [0.25, 0.3) is 5.91 Å². The molecule has 0 spiro atoms. The average Bonchev–Trinajstić information content (AvgIpc) is 2.63. The van der Waals surface area contributed by atoms with Crippen molar-refractivity contribution < 1.29 is 14.3 Å². The van der Waals surface area contributed by atoms with Gasteiger partial charge in [-0.05, 0) is 12.1 Å². The average molecular weight is 234 g/mol. The Kier molecular flexibility index (Phi) is 3.39. The minimum atomic E-state index is -0.484. The molecule has 1 unspecified atom stereocenters. The van der Waals surface area contributed by atoms with Crippen LogP contribution in [0.25, 0.3) is 0 Å². The van der Waals surface area contributed by atoms with Crippen LogP contribution in [0.3, 0.4) is 0 Å². The van der Waals surface area contributed by atoms with Crippen LogP contribution in [-0.4, -0.2) is 31.7 Å². The third kappa shape index (κ3) is 2.29. The summed E-state index contributed by atoms with van der Waals surface area (Å²) in [5, 5.41) is 2.64. The molecule has 0 aliphatic carbocycles. The van der Waals surface area contributed by atoms with Gasteiger partial charge in [-0.2, -0.15) is 0 Å². The van der Waals surface area contributed by atoms with Gasteiger partial charge in [-0.1, -0.05) is 18.2 Å². The van der Waals surface area contributed by atoms with Gasteiger partial charge in [-0.3, -0.25) is 4.79 Å². The number of urea groups is 1. The number of carbonyl (C=O) groups excluding carboxylic acids is 2. The summed E-state index contributed by atoms with van der Waals surface area (Å²) in [7, 11) is 1.57.